The Labute approximate surface area is 529 Å². The number of hydrogen-bond donors (Lipinski definition) is 0. The minimum atomic E-state index is -2.32. The summed E-state index contributed by atoms with van der Waals surface area (Å²) in [5, 5.41) is 14.2. The van der Waals surface area contributed by atoms with Crippen LogP contribution in [-0.2, 0) is 0 Å². The highest BCUT2D eigenvalue weighted by Crippen LogP contribution is 2.48. The van der Waals surface area contributed by atoms with Crippen LogP contribution in [0.4, 0.5) is 22.0 Å². The molecule has 10 aromatic carbocycles. The Morgan fingerprint density at radius 1 is 0.258 bits per heavy atom. The molecule has 0 amide bonds. The zero-order valence-electron chi connectivity index (χ0n) is 49.1. The molecular formula is C81H46F5N7. The van der Waals surface area contributed by atoms with Crippen molar-refractivity contribution in [2.75, 3.05) is 0 Å². The highest BCUT2D eigenvalue weighted by atomic mass is 19.2. The third-order valence-corrected chi connectivity index (χ3v) is 17.4. The quantitative estimate of drug-likeness (QED) is 0.0732. The molecule has 93 heavy (non-hydrogen) atoms. The maximum Gasteiger partial charge on any atom is 0.200 e. The van der Waals surface area contributed by atoms with Crippen molar-refractivity contribution in [2.24, 2.45) is 0 Å². The molecule has 0 aliphatic carbocycles. The van der Waals surface area contributed by atoms with Crippen LogP contribution >= 0.6 is 0 Å². The van der Waals surface area contributed by atoms with Crippen LogP contribution in [0.3, 0.4) is 0 Å². The molecule has 16 rings (SSSR count). The highest BCUT2D eigenvalue weighted by molar-refractivity contribution is 6.14. The van der Waals surface area contributed by atoms with E-state index in [-0.39, 0.29) is 22.5 Å². The minimum absolute atomic E-state index is 0.0174. The van der Waals surface area contributed by atoms with Crippen molar-refractivity contribution in [2.45, 2.75) is 0 Å². The van der Waals surface area contributed by atoms with Crippen LogP contribution in [0.25, 0.3) is 156 Å². The van der Waals surface area contributed by atoms with Gasteiger partial charge in [-0.25, -0.2) is 22.0 Å². The summed E-state index contributed by atoms with van der Waals surface area (Å²) < 4.78 is 88.0. The topological polar surface area (TPSA) is 85.2 Å². The maximum atomic E-state index is 17.8. The fourth-order valence-electron chi connectivity index (χ4n) is 12.9. The molecule has 12 heteroatoms. The number of fused-ring (bicyclic) bond motifs is 6. The Kier molecular flexibility index (Phi) is 13.7. The van der Waals surface area contributed by atoms with Crippen LogP contribution in [0.2, 0.25) is 0 Å². The van der Waals surface area contributed by atoms with Gasteiger partial charge in [-0.1, -0.05) is 170 Å². The van der Waals surface area contributed by atoms with Crippen molar-refractivity contribution in [1.29, 1.82) is 5.26 Å². The van der Waals surface area contributed by atoms with Crippen molar-refractivity contribution in [3.05, 3.63) is 314 Å². The van der Waals surface area contributed by atoms with Gasteiger partial charge in [-0.15, -0.1) is 0 Å². The molecule has 16 aromatic rings. The molecule has 0 N–H and O–H groups in total. The molecule has 0 aliphatic heterocycles. The first-order valence-electron chi connectivity index (χ1n) is 30.0. The lowest BCUT2D eigenvalue weighted by Gasteiger charge is -2.22. The van der Waals surface area contributed by atoms with Crippen molar-refractivity contribution in [1.82, 2.24) is 29.1 Å². The van der Waals surface area contributed by atoms with Gasteiger partial charge in [0.1, 0.15) is 0 Å². The molecule has 0 saturated heterocycles. The molecule has 0 atom stereocenters. The monoisotopic (exact) mass is 1210 g/mol. The van der Waals surface area contributed by atoms with Crippen LogP contribution in [0.5, 0.6) is 0 Å². The minimum Gasteiger partial charge on any atom is -0.308 e. The molecule has 0 aliphatic rings. The number of nitriles is 1. The number of aromatic nitrogens is 6. The Balaban J connectivity index is 1.03. The van der Waals surface area contributed by atoms with E-state index in [1.54, 1.807) is 33.9 Å². The summed E-state index contributed by atoms with van der Waals surface area (Å²) in [5.41, 5.74) is 12.8. The summed E-state index contributed by atoms with van der Waals surface area (Å²) in [4.78, 5) is 18.8. The first-order valence-corrected chi connectivity index (χ1v) is 30.0. The van der Waals surface area contributed by atoms with Gasteiger partial charge in [-0.2, -0.15) is 5.26 Å². The summed E-state index contributed by atoms with van der Waals surface area (Å²) in [5.74, 6) is -10.7. The molecule has 0 radical (unpaired) electrons. The van der Waals surface area contributed by atoms with Crippen LogP contribution in [0.1, 0.15) is 5.56 Å². The van der Waals surface area contributed by atoms with Crippen molar-refractivity contribution in [3.8, 4) is 118 Å². The van der Waals surface area contributed by atoms with Gasteiger partial charge in [0.15, 0.2) is 23.3 Å². The Morgan fingerprint density at radius 3 is 0.785 bits per heavy atom. The second-order valence-electron chi connectivity index (χ2n) is 22.7. The van der Waals surface area contributed by atoms with Gasteiger partial charge < -0.3 is 9.13 Å². The third kappa shape index (κ3) is 9.74. The maximum absolute atomic E-state index is 17.8. The predicted octanol–water partition coefficient (Wildman–Crippen LogP) is 21.0. The molecule has 0 unspecified atom stereocenters. The Bertz CT molecular complexity index is 5090. The van der Waals surface area contributed by atoms with Gasteiger partial charge in [-0.05, 0) is 129 Å². The number of halogens is 5. The van der Waals surface area contributed by atoms with Crippen LogP contribution < -0.4 is 0 Å². The summed E-state index contributed by atoms with van der Waals surface area (Å²) in [6.07, 6.45) is 6.90. The van der Waals surface area contributed by atoms with Gasteiger partial charge >= 0.3 is 0 Å². The van der Waals surface area contributed by atoms with Crippen LogP contribution in [-0.4, -0.2) is 29.1 Å². The Hall–Kier alpha value is -12.5. The molecule has 0 saturated carbocycles. The summed E-state index contributed by atoms with van der Waals surface area (Å²) in [7, 11) is 0. The SMILES string of the molecule is N#Cc1cc(-n2c3cc(-c4ccnc(-c5ccccc5)c4)ccc3c3ccc(-c4ccnc(-c5ccccc5)c4)cc32)c(-c2c(F)c(F)c(F)c(F)c2F)c(-n2c3cc(-c4ccnc(-c5ccccc5)c4)ccc3c3ccc(-c4ccnc(-c5ccccc5)c4)cc32)c1. The fraction of sp³-hybridized carbons (Fsp3) is 0. The lowest BCUT2D eigenvalue weighted by atomic mass is 9.96. The van der Waals surface area contributed by atoms with E-state index in [0.29, 0.717) is 66.4 Å². The van der Waals surface area contributed by atoms with E-state index in [4.69, 9.17) is 19.9 Å². The number of nitrogens with zero attached hydrogens (tertiary/aromatic N) is 7. The molecular weight excluding hydrogens is 1170 g/mol. The number of rotatable bonds is 11. The fourth-order valence-corrected chi connectivity index (χ4v) is 12.9. The van der Waals surface area contributed by atoms with Gasteiger partial charge in [0.25, 0.3) is 0 Å². The molecule has 0 fully saturated rings. The van der Waals surface area contributed by atoms with Crippen LogP contribution in [0, 0.1) is 40.4 Å². The lowest BCUT2D eigenvalue weighted by Crippen LogP contribution is -2.10. The predicted molar refractivity (Wildman–Crippen MR) is 360 cm³/mol. The van der Waals surface area contributed by atoms with Gasteiger partial charge in [-0.3, -0.25) is 19.9 Å². The van der Waals surface area contributed by atoms with Gasteiger partial charge in [0.05, 0.1) is 73.4 Å². The van der Waals surface area contributed by atoms with E-state index >= 15 is 22.0 Å². The van der Waals surface area contributed by atoms with E-state index in [1.807, 2.05) is 243 Å². The van der Waals surface area contributed by atoms with Crippen molar-refractivity contribution in [3.63, 3.8) is 0 Å². The molecule has 0 spiro atoms. The van der Waals surface area contributed by atoms with E-state index in [9.17, 15) is 5.26 Å². The van der Waals surface area contributed by atoms with E-state index in [1.165, 1.54) is 12.1 Å². The number of hydrogen-bond acceptors (Lipinski definition) is 5. The van der Waals surface area contributed by atoms with E-state index < -0.39 is 34.6 Å². The first-order chi connectivity index (χ1) is 45.6. The van der Waals surface area contributed by atoms with E-state index in [2.05, 4.69) is 6.07 Å². The molecule has 440 valence electrons. The molecule has 7 nitrogen and oxygen atoms in total. The average Bonchev–Trinajstić information content (AvgIpc) is 1.63. The smallest absolute Gasteiger partial charge is 0.200 e. The zero-order chi connectivity index (χ0) is 62.8. The van der Waals surface area contributed by atoms with Crippen LogP contribution in [0.15, 0.2) is 280 Å². The molecule has 6 heterocycles. The largest absolute Gasteiger partial charge is 0.308 e. The standard InChI is InChI=1S/C81H46F5N7/c82-77-76(78(83)80(85)81(86)79(77)84)75-73(92-69-43-53(57-29-33-88-65(39-57)49-13-5-1-6-14-49)21-25-61(69)62-26-22-54(44-70(62)92)58-30-34-89-66(40-58)50-15-7-2-8-16-50)37-48(47-87)38-74(75)93-71-45-55(59-31-35-90-67(41-59)51-17-9-3-10-18-51)23-27-63(71)64-28-24-56(46-72(64)93)60-32-36-91-68(42-60)52-19-11-4-12-20-52/h1-46H. The average molecular weight is 1210 g/mol. The van der Waals surface area contributed by atoms with Gasteiger partial charge in [0.2, 0.25) is 5.82 Å². The zero-order valence-corrected chi connectivity index (χ0v) is 49.1. The third-order valence-electron chi connectivity index (χ3n) is 17.4. The van der Waals surface area contributed by atoms with Gasteiger partial charge in [0, 0.05) is 74.1 Å². The highest BCUT2D eigenvalue weighted by Gasteiger charge is 2.33. The molecule has 6 aromatic heterocycles. The Morgan fingerprint density at radius 2 is 0.516 bits per heavy atom. The lowest BCUT2D eigenvalue weighted by molar-refractivity contribution is 0.381. The van der Waals surface area contributed by atoms with Crippen molar-refractivity contribution >= 4 is 43.6 Å². The number of pyridine rings is 4. The van der Waals surface area contributed by atoms with Crippen molar-refractivity contribution < 1.29 is 22.0 Å². The second kappa shape index (κ2) is 22.8. The summed E-state index contributed by atoms with van der Waals surface area (Å²) in [6.45, 7) is 0. The number of benzene rings is 10. The summed E-state index contributed by atoms with van der Waals surface area (Å²) >= 11 is 0. The summed E-state index contributed by atoms with van der Waals surface area (Å²) in [6, 6.07) is 83.2. The first kappa shape index (κ1) is 55.8. The normalized spacial score (nSPS) is 11.5. The molecule has 0 bridgehead atoms. The second-order valence-corrected chi connectivity index (χ2v) is 22.7. The van der Waals surface area contributed by atoms with E-state index in [0.717, 1.165) is 66.8 Å².